The van der Waals surface area contributed by atoms with Crippen LogP contribution in [0.3, 0.4) is 0 Å². The van der Waals surface area contributed by atoms with Crippen molar-refractivity contribution in [3.63, 3.8) is 0 Å². The summed E-state index contributed by atoms with van der Waals surface area (Å²) in [6, 6.07) is 3.14. The molecule has 4 rings (SSSR count). The molecule has 30 heavy (non-hydrogen) atoms. The first kappa shape index (κ1) is 20.7. The topological polar surface area (TPSA) is 130 Å². The first-order valence-electron chi connectivity index (χ1n) is 9.48. The van der Waals surface area contributed by atoms with Crippen LogP contribution < -0.4 is 5.32 Å². The third kappa shape index (κ3) is 4.30. The van der Waals surface area contributed by atoms with Crippen LogP contribution in [0.1, 0.15) is 40.4 Å². The summed E-state index contributed by atoms with van der Waals surface area (Å²) >= 11 is 1.22. The molecule has 0 radical (unpaired) electrons. The minimum Gasteiger partial charge on any atom is -0.459 e. The summed E-state index contributed by atoms with van der Waals surface area (Å²) in [6.07, 6.45) is 2.87. The zero-order chi connectivity index (χ0) is 21.3. The molecule has 4 heterocycles. The fourth-order valence-electron chi connectivity index (χ4n) is 3.41. The fraction of sp³-hybridized carbons (Fsp3) is 0.444. The first-order chi connectivity index (χ1) is 14.3. The van der Waals surface area contributed by atoms with Crippen molar-refractivity contribution in [2.24, 2.45) is 0 Å². The second-order valence-corrected chi connectivity index (χ2v) is 10.2. The van der Waals surface area contributed by atoms with E-state index in [4.69, 9.17) is 4.42 Å². The molecule has 1 N–H and O–H groups in total. The van der Waals surface area contributed by atoms with Gasteiger partial charge in [0.15, 0.2) is 10.9 Å². The van der Waals surface area contributed by atoms with E-state index in [0.717, 1.165) is 15.5 Å². The fourth-order valence-corrected chi connectivity index (χ4v) is 5.88. The van der Waals surface area contributed by atoms with E-state index >= 15 is 0 Å². The maximum Gasteiger partial charge on any atom is 0.293 e. The quantitative estimate of drug-likeness (QED) is 0.652. The number of piperidine rings is 1. The Kier molecular flexibility index (Phi) is 5.71. The van der Waals surface area contributed by atoms with Gasteiger partial charge in [-0.15, -0.1) is 11.3 Å². The molecule has 0 spiro atoms. The number of furan rings is 1. The smallest absolute Gasteiger partial charge is 0.293 e. The number of carbonyl (C=O) groups is 3. The largest absolute Gasteiger partial charge is 0.459 e. The summed E-state index contributed by atoms with van der Waals surface area (Å²) in [4.78, 5) is 42.1. The lowest BCUT2D eigenvalue weighted by Crippen LogP contribution is -2.45. The highest BCUT2D eigenvalue weighted by Gasteiger charge is 2.32. The van der Waals surface area contributed by atoms with E-state index < -0.39 is 15.9 Å². The number of hydrogen-bond acceptors (Lipinski definition) is 8. The molecule has 2 aliphatic heterocycles. The van der Waals surface area contributed by atoms with Gasteiger partial charge in [-0.2, -0.15) is 4.31 Å². The third-order valence-corrected chi connectivity index (χ3v) is 7.81. The normalized spacial score (nSPS) is 17.8. The molecule has 3 amide bonds. The van der Waals surface area contributed by atoms with Crippen LogP contribution in [-0.4, -0.2) is 59.2 Å². The number of sulfonamides is 1. The van der Waals surface area contributed by atoms with Gasteiger partial charge >= 0.3 is 0 Å². The number of anilines is 1. The average molecular weight is 453 g/mol. The zero-order valence-electron chi connectivity index (χ0n) is 16.0. The molecule has 0 unspecified atom stereocenters. The SMILES string of the molecule is O=C(Nc1nc2c(s1)CN(S(=O)(=O)CCN1C(=O)CCCC1=O)CC2)c1ccco1. The van der Waals surface area contributed by atoms with Gasteiger partial charge in [0.25, 0.3) is 5.91 Å². The molecule has 2 aromatic rings. The van der Waals surface area contributed by atoms with Crippen molar-refractivity contribution >= 4 is 44.2 Å². The summed E-state index contributed by atoms with van der Waals surface area (Å²) in [6.45, 7) is 0.275. The third-order valence-electron chi connectivity index (χ3n) is 5.01. The number of fused-ring (bicyclic) bond motifs is 1. The van der Waals surface area contributed by atoms with Gasteiger partial charge in [0.1, 0.15) is 0 Å². The van der Waals surface area contributed by atoms with Crippen molar-refractivity contribution in [3.05, 3.63) is 34.7 Å². The Labute approximate surface area is 176 Å². The number of hydrogen-bond donors (Lipinski definition) is 1. The van der Waals surface area contributed by atoms with E-state index in [2.05, 4.69) is 10.3 Å². The van der Waals surface area contributed by atoms with Gasteiger partial charge < -0.3 is 4.42 Å². The maximum atomic E-state index is 12.8. The Hall–Kier alpha value is -2.57. The molecule has 0 bridgehead atoms. The van der Waals surface area contributed by atoms with Crippen molar-refractivity contribution < 1.29 is 27.2 Å². The number of amides is 3. The van der Waals surface area contributed by atoms with Crippen molar-refractivity contribution in [1.82, 2.24) is 14.2 Å². The number of aromatic nitrogens is 1. The highest BCUT2D eigenvalue weighted by molar-refractivity contribution is 7.89. The molecule has 10 nitrogen and oxygen atoms in total. The van der Waals surface area contributed by atoms with E-state index in [0.29, 0.717) is 18.0 Å². The lowest BCUT2D eigenvalue weighted by molar-refractivity contribution is -0.147. The molecular weight excluding hydrogens is 432 g/mol. The number of nitrogens with one attached hydrogen (secondary N) is 1. The summed E-state index contributed by atoms with van der Waals surface area (Å²) in [5, 5.41) is 3.04. The van der Waals surface area contributed by atoms with Crippen LogP contribution in [0.15, 0.2) is 22.8 Å². The van der Waals surface area contributed by atoms with E-state index in [-0.39, 0.29) is 55.8 Å². The van der Waals surface area contributed by atoms with Crippen LogP contribution in [0.4, 0.5) is 5.13 Å². The second-order valence-electron chi connectivity index (χ2n) is 7.01. The van der Waals surface area contributed by atoms with Gasteiger partial charge in [0.2, 0.25) is 21.8 Å². The first-order valence-corrected chi connectivity index (χ1v) is 11.9. The molecule has 0 atom stereocenters. The Balaban J connectivity index is 1.39. The second kappa shape index (κ2) is 8.28. The highest BCUT2D eigenvalue weighted by atomic mass is 32.2. The molecule has 0 aliphatic carbocycles. The number of thiazole rings is 1. The zero-order valence-corrected chi connectivity index (χ0v) is 17.6. The Bertz CT molecular complexity index is 1060. The lowest BCUT2D eigenvalue weighted by atomic mass is 10.1. The summed E-state index contributed by atoms with van der Waals surface area (Å²) in [5.41, 5.74) is 0.752. The number of carbonyl (C=O) groups excluding carboxylic acids is 3. The van der Waals surface area contributed by atoms with Crippen LogP contribution in [0.25, 0.3) is 0 Å². The van der Waals surface area contributed by atoms with Crippen molar-refractivity contribution in [2.45, 2.75) is 32.2 Å². The van der Waals surface area contributed by atoms with Gasteiger partial charge in [-0.1, -0.05) is 0 Å². The van der Waals surface area contributed by atoms with E-state index in [1.165, 1.54) is 28.0 Å². The molecule has 0 saturated carbocycles. The predicted molar refractivity (Wildman–Crippen MR) is 107 cm³/mol. The monoisotopic (exact) mass is 452 g/mol. The average Bonchev–Trinajstić information content (AvgIpc) is 3.36. The number of nitrogens with zero attached hydrogens (tertiary/aromatic N) is 3. The van der Waals surface area contributed by atoms with Crippen LogP contribution in [0.5, 0.6) is 0 Å². The molecule has 12 heteroatoms. The number of imide groups is 1. The van der Waals surface area contributed by atoms with Crippen LogP contribution in [-0.2, 0) is 32.6 Å². The highest BCUT2D eigenvalue weighted by Crippen LogP contribution is 2.30. The molecule has 2 aromatic heterocycles. The molecular formula is C18H20N4O6S2. The molecule has 160 valence electrons. The van der Waals surface area contributed by atoms with E-state index in [1.807, 2.05) is 0 Å². The van der Waals surface area contributed by atoms with Gasteiger partial charge in [-0.3, -0.25) is 24.6 Å². The minimum absolute atomic E-state index is 0.128. The predicted octanol–water partition coefficient (Wildman–Crippen LogP) is 1.22. The maximum absolute atomic E-state index is 12.8. The number of likely N-dealkylation sites (tertiary alicyclic amines) is 1. The van der Waals surface area contributed by atoms with Gasteiger partial charge in [0, 0.05) is 43.8 Å². The lowest BCUT2D eigenvalue weighted by Gasteiger charge is -2.28. The van der Waals surface area contributed by atoms with Crippen molar-refractivity contribution in [3.8, 4) is 0 Å². The van der Waals surface area contributed by atoms with Crippen LogP contribution in [0.2, 0.25) is 0 Å². The number of rotatable bonds is 6. The van der Waals surface area contributed by atoms with E-state index in [1.54, 1.807) is 6.07 Å². The molecule has 1 saturated heterocycles. The Morgan fingerprint density at radius 3 is 2.70 bits per heavy atom. The minimum atomic E-state index is -3.66. The summed E-state index contributed by atoms with van der Waals surface area (Å²) in [7, 11) is -3.66. The standard InChI is InChI=1S/C18H20N4O6S2/c23-15-4-1-5-16(24)22(15)8-10-30(26,27)21-7-6-12-14(11-21)29-18(19-12)20-17(25)13-3-2-9-28-13/h2-3,9H,1,4-8,10-11H2,(H,19,20,25). The molecule has 1 fully saturated rings. The van der Waals surface area contributed by atoms with Gasteiger partial charge in [-0.25, -0.2) is 13.4 Å². The van der Waals surface area contributed by atoms with Gasteiger partial charge in [0.05, 0.1) is 17.7 Å². The Morgan fingerprint density at radius 2 is 2.00 bits per heavy atom. The van der Waals surface area contributed by atoms with Gasteiger partial charge in [-0.05, 0) is 18.6 Å². The Morgan fingerprint density at radius 1 is 1.23 bits per heavy atom. The summed E-state index contributed by atoms with van der Waals surface area (Å²) in [5.74, 6) is -1.20. The molecule has 0 aromatic carbocycles. The summed E-state index contributed by atoms with van der Waals surface area (Å²) < 4.78 is 31.9. The van der Waals surface area contributed by atoms with Crippen molar-refractivity contribution in [2.75, 3.05) is 24.2 Å². The van der Waals surface area contributed by atoms with E-state index in [9.17, 15) is 22.8 Å². The molecule has 2 aliphatic rings. The van der Waals surface area contributed by atoms with Crippen LogP contribution in [0, 0.1) is 0 Å². The van der Waals surface area contributed by atoms with Crippen LogP contribution >= 0.6 is 11.3 Å². The van der Waals surface area contributed by atoms with Crippen molar-refractivity contribution in [1.29, 1.82) is 0 Å².